The summed E-state index contributed by atoms with van der Waals surface area (Å²) < 4.78 is 24.7. The summed E-state index contributed by atoms with van der Waals surface area (Å²) in [6.45, 7) is 5.58. The van der Waals surface area contributed by atoms with Crippen molar-refractivity contribution in [1.82, 2.24) is 14.7 Å². The first-order valence-corrected chi connectivity index (χ1v) is 12.4. The van der Waals surface area contributed by atoms with Crippen molar-refractivity contribution >= 4 is 35.0 Å². The molecule has 0 spiro atoms. The van der Waals surface area contributed by atoms with Gasteiger partial charge in [-0.1, -0.05) is 23.2 Å². The lowest BCUT2D eigenvalue weighted by atomic mass is 10.1. The first kappa shape index (κ1) is 25.9. The molecular formula is C25H28Cl2FN3O4. The molecule has 1 atom stereocenters. The van der Waals surface area contributed by atoms with Crippen LogP contribution >= 0.6 is 23.2 Å². The van der Waals surface area contributed by atoms with Crippen molar-refractivity contribution in [2.45, 2.75) is 6.10 Å². The Morgan fingerprint density at radius 1 is 0.971 bits per heavy atom. The summed E-state index contributed by atoms with van der Waals surface area (Å²) in [6.07, 6.45) is -0.357. The van der Waals surface area contributed by atoms with Crippen LogP contribution in [0.3, 0.4) is 0 Å². The Labute approximate surface area is 214 Å². The molecule has 2 heterocycles. The summed E-state index contributed by atoms with van der Waals surface area (Å²) in [6, 6.07) is 10.3. The maximum atomic E-state index is 13.4. The van der Waals surface area contributed by atoms with Crippen LogP contribution in [0.2, 0.25) is 10.0 Å². The van der Waals surface area contributed by atoms with Gasteiger partial charge in [0.1, 0.15) is 5.82 Å². The number of hydrogen-bond acceptors (Lipinski definition) is 5. The van der Waals surface area contributed by atoms with Crippen molar-refractivity contribution in [3.05, 3.63) is 69.5 Å². The Bertz CT molecular complexity index is 1030. The fourth-order valence-electron chi connectivity index (χ4n) is 4.21. The van der Waals surface area contributed by atoms with Gasteiger partial charge in [0, 0.05) is 56.9 Å². The second kappa shape index (κ2) is 12.1. The summed E-state index contributed by atoms with van der Waals surface area (Å²) in [7, 11) is 0. The highest BCUT2D eigenvalue weighted by Gasteiger charge is 2.29. The third kappa shape index (κ3) is 6.92. The number of rotatable bonds is 7. The highest BCUT2D eigenvalue weighted by molar-refractivity contribution is 6.42. The Hall–Kier alpha value is -2.23. The van der Waals surface area contributed by atoms with Crippen LogP contribution in [0, 0.1) is 5.82 Å². The van der Waals surface area contributed by atoms with Gasteiger partial charge >= 0.3 is 0 Å². The van der Waals surface area contributed by atoms with Crippen LogP contribution in [-0.2, 0) is 9.47 Å². The van der Waals surface area contributed by atoms with E-state index in [9.17, 15) is 14.0 Å². The molecule has 2 saturated heterocycles. The monoisotopic (exact) mass is 523 g/mol. The lowest BCUT2D eigenvalue weighted by Crippen LogP contribution is -2.52. The van der Waals surface area contributed by atoms with Gasteiger partial charge in [0.05, 0.1) is 36.0 Å². The van der Waals surface area contributed by atoms with E-state index in [-0.39, 0.29) is 17.9 Å². The maximum absolute atomic E-state index is 13.4. The SMILES string of the molecule is O=C(c1ccc(Cl)c(Cl)c1)N1CCO[C@@H](CN(CCN2CCOCC2)C(=O)c2ccc(F)cc2)C1. The minimum atomic E-state index is -0.395. The second-order valence-corrected chi connectivity index (χ2v) is 9.40. The molecule has 188 valence electrons. The molecule has 0 aliphatic carbocycles. The molecule has 0 unspecified atom stereocenters. The van der Waals surface area contributed by atoms with Gasteiger partial charge in [0.2, 0.25) is 0 Å². The smallest absolute Gasteiger partial charge is 0.254 e. The first-order chi connectivity index (χ1) is 16.9. The zero-order valence-corrected chi connectivity index (χ0v) is 20.8. The molecule has 0 N–H and O–H groups in total. The minimum absolute atomic E-state index is 0.165. The molecule has 2 aliphatic heterocycles. The number of nitrogens with zero attached hydrogens (tertiary/aromatic N) is 3. The molecule has 2 amide bonds. The zero-order chi connectivity index (χ0) is 24.8. The van der Waals surface area contributed by atoms with Gasteiger partial charge in [-0.25, -0.2) is 4.39 Å². The van der Waals surface area contributed by atoms with Gasteiger partial charge in [0.15, 0.2) is 0 Å². The molecule has 0 aromatic heterocycles. The zero-order valence-electron chi connectivity index (χ0n) is 19.3. The van der Waals surface area contributed by atoms with E-state index in [1.54, 1.807) is 28.0 Å². The van der Waals surface area contributed by atoms with E-state index in [2.05, 4.69) is 4.90 Å². The molecule has 35 heavy (non-hydrogen) atoms. The molecule has 2 aliphatic rings. The summed E-state index contributed by atoms with van der Waals surface area (Å²) in [5.74, 6) is -0.759. The second-order valence-electron chi connectivity index (χ2n) is 8.58. The number of carbonyl (C=O) groups excluding carboxylic acids is 2. The van der Waals surface area contributed by atoms with Crippen LogP contribution in [0.1, 0.15) is 20.7 Å². The fourth-order valence-corrected chi connectivity index (χ4v) is 4.51. The van der Waals surface area contributed by atoms with Gasteiger partial charge in [-0.3, -0.25) is 14.5 Å². The highest BCUT2D eigenvalue weighted by atomic mass is 35.5. The van der Waals surface area contributed by atoms with Crippen LogP contribution in [0.5, 0.6) is 0 Å². The van der Waals surface area contributed by atoms with E-state index in [4.69, 9.17) is 32.7 Å². The average Bonchev–Trinajstić information content (AvgIpc) is 2.88. The molecule has 4 rings (SSSR count). The number of benzene rings is 2. The van der Waals surface area contributed by atoms with E-state index < -0.39 is 5.82 Å². The van der Waals surface area contributed by atoms with Crippen LogP contribution in [0.15, 0.2) is 42.5 Å². The predicted octanol–water partition coefficient (Wildman–Crippen LogP) is 3.45. The molecular weight excluding hydrogens is 496 g/mol. The van der Waals surface area contributed by atoms with Gasteiger partial charge in [0.25, 0.3) is 11.8 Å². The van der Waals surface area contributed by atoms with Gasteiger partial charge in [-0.05, 0) is 42.5 Å². The summed E-state index contributed by atoms with van der Waals surface area (Å²) in [5, 5.41) is 0.708. The number of halogens is 3. The van der Waals surface area contributed by atoms with E-state index in [0.717, 1.165) is 13.1 Å². The molecule has 0 bridgehead atoms. The molecule has 7 nitrogen and oxygen atoms in total. The van der Waals surface area contributed by atoms with Crippen molar-refractivity contribution in [2.75, 3.05) is 65.6 Å². The van der Waals surface area contributed by atoms with Crippen LogP contribution in [-0.4, -0.2) is 98.3 Å². The first-order valence-electron chi connectivity index (χ1n) is 11.6. The van der Waals surface area contributed by atoms with Crippen molar-refractivity contribution < 1.29 is 23.5 Å². The van der Waals surface area contributed by atoms with Crippen molar-refractivity contribution in [3.8, 4) is 0 Å². The summed E-state index contributed by atoms with van der Waals surface area (Å²) in [5.41, 5.74) is 0.861. The molecule has 10 heteroatoms. The maximum Gasteiger partial charge on any atom is 0.254 e. The van der Waals surface area contributed by atoms with Crippen molar-refractivity contribution in [2.24, 2.45) is 0 Å². The van der Waals surface area contributed by atoms with Crippen LogP contribution in [0.25, 0.3) is 0 Å². The Morgan fingerprint density at radius 3 is 2.40 bits per heavy atom. The number of ether oxygens (including phenoxy) is 2. The molecule has 2 aromatic carbocycles. The largest absolute Gasteiger partial charge is 0.379 e. The Kier molecular flexibility index (Phi) is 8.97. The normalized spacial score (nSPS) is 18.9. The van der Waals surface area contributed by atoms with E-state index in [1.165, 1.54) is 24.3 Å². The lowest BCUT2D eigenvalue weighted by molar-refractivity contribution is -0.0346. The average molecular weight is 524 g/mol. The minimum Gasteiger partial charge on any atom is -0.379 e. The topological polar surface area (TPSA) is 62.3 Å². The van der Waals surface area contributed by atoms with Crippen LogP contribution < -0.4 is 0 Å². The van der Waals surface area contributed by atoms with Gasteiger partial charge in [-0.15, -0.1) is 0 Å². The molecule has 0 radical (unpaired) electrons. The standard InChI is InChI=1S/C25H28Cl2FN3O4/c26-22-6-3-19(15-23(22)27)25(33)31-11-14-35-21(17-31)16-30(8-7-29-9-12-34-13-10-29)24(32)18-1-4-20(28)5-2-18/h1-6,15,21H,7-14,16-17H2/t21-/m0/s1. The third-order valence-corrected chi connectivity index (χ3v) is 6.92. The van der Waals surface area contributed by atoms with Crippen LogP contribution in [0.4, 0.5) is 4.39 Å². The summed E-state index contributed by atoms with van der Waals surface area (Å²) >= 11 is 12.1. The highest BCUT2D eigenvalue weighted by Crippen LogP contribution is 2.24. The summed E-state index contributed by atoms with van der Waals surface area (Å²) in [4.78, 5) is 32.0. The van der Waals surface area contributed by atoms with E-state index in [1.807, 2.05) is 0 Å². The van der Waals surface area contributed by atoms with E-state index >= 15 is 0 Å². The quantitative estimate of drug-likeness (QED) is 0.556. The number of amides is 2. The molecule has 2 aromatic rings. The fraction of sp³-hybridized carbons (Fsp3) is 0.440. The Morgan fingerprint density at radius 2 is 1.69 bits per heavy atom. The van der Waals surface area contributed by atoms with E-state index in [0.29, 0.717) is 73.7 Å². The third-order valence-electron chi connectivity index (χ3n) is 6.18. The predicted molar refractivity (Wildman–Crippen MR) is 132 cm³/mol. The Balaban J connectivity index is 1.44. The molecule has 0 saturated carbocycles. The number of morpholine rings is 2. The number of carbonyl (C=O) groups is 2. The van der Waals surface area contributed by atoms with Gasteiger partial charge in [-0.2, -0.15) is 0 Å². The number of hydrogen-bond donors (Lipinski definition) is 0. The molecule has 2 fully saturated rings. The lowest BCUT2D eigenvalue weighted by Gasteiger charge is -2.37. The van der Waals surface area contributed by atoms with Gasteiger partial charge < -0.3 is 19.3 Å². The van der Waals surface area contributed by atoms with Crippen molar-refractivity contribution in [1.29, 1.82) is 0 Å². The van der Waals surface area contributed by atoms with Crippen molar-refractivity contribution in [3.63, 3.8) is 0 Å².